The molecular weight excluding hydrogens is 459 g/mol. The molecule has 0 bridgehead atoms. The van der Waals surface area contributed by atoms with E-state index in [1.807, 2.05) is 0 Å². The van der Waals surface area contributed by atoms with Gasteiger partial charge in [0.2, 0.25) is 20.9 Å². The first-order valence-electron chi connectivity index (χ1n) is 10.7. The molecule has 0 aliphatic heterocycles. The van der Waals surface area contributed by atoms with Crippen molar-refractivity contribution in [2.24, 2.45) is 0 Å². The van der Waals surface area contributed by atoms with Gasteiger partial charge in [-0.1, -0.05) is 31.4 Å². The molecule has 1 aromatic heterocycles. The summed E-state index contributed by atoms with van der Waals surface area (Å²) in [5.74, 6) is -0.568. The highest BCUT2D eigenvalue weighted by atomic mass is 32.2. The Hall–Kier alpha value is -2.69. The van der Waals surface area contributed by atoms with Gasteiger partial charge in [0.25, 0.3) is 0 Å². The number of benzene rings is 1. The van der Waals surface area contributed by atoms with E-state index in [0.29, 0.717) is 6.07 Å². The van der Waals surface area contributed by atoms with Crippen molar-refractivity contribution in [3.05, 3.63) is 36.0 Å². The third-order valence-electron chi connectivity index (χ3n) is 5.44. The topological polar surface area (TPSA) is 98.2 Å². The van der Waals surface area contributed by atoms with E-state index >= 15 is 0 Å². The van der Waals surface area contributed by atoms with Crippen LogP contribution in [0, 0.1) is 0 Å². The number of sulfone groups is 1. The fraction of sp³-hybridized carbons (Fsp3) is 0.500. The number of hydrogen-bond acceptors (Lipinski definition) is 6. The molecule has 1 fully saturated rings. The zero-order valence-electron chi connectivity index (χ0n) is 18.2. The first-order chi connectivity index (χ1) is 15.6. The third kappa shape index (κ3) is 6.66. The fourth-order valence-corrected chi connectivity index (χ4v) is 4.95. The Morgan fingerprint density at radius 3 is 2.52 bits per heavy atom. The van der Waals surface area contributed by atoms with Crippen molar-refractivity contribution in [2.75, 3.05) is 12.9 Å². The van der Waals surface area contributed by atoms with Crippen LogP contribution >= 0.6 is 0 Å². The summed E-state index contributed by atoms with van der Waals surface area (Å²) in [6, 6.07) is 7.00. The Morgan fingerprint density at radius 1 is 1.15 bits per heavy atom. The summed E-state index contributed by atoms with van der Waals surface area (Å²) in [5.41, 5.74) is -1.38. The number of halogens is 3. The Labute approximate surface area is 190 Å². The monoisotopic (exact) mass is 485 g/mol. The summed E-state index contributed by atoms with van der Waals surface area (Å²) >= 11 is 0. The Morgan fingerprint density at radius 2 is 1.85 bits per heavy atom. The van der Waals surface area contributed by atoms with Gasteiger partial charge in [-0.3, -0.25) is 4.79 Å². The molecule has 1 aliphatic carbocycles. The van der Waals surface area contributed by atoms with Crippen LogP contribution in [0.25, 0.3) is 11.3 Å². The van der Waals surface area contributed by atoms with E-state index in [-0.39, 0.29) is 41.8 Å². The maximum atomic E-state index is 13.4. The highest BCUT2D eigenvalue weighted by Crippen LogP contribution is 2.34. The summed E-state index contributed by atoms with van der Waals surface area (Å²) in [5, 5.41) is 1.96. The normalized spacial score (nSPS) is 15.3. The van der Waals surface area contributed by atoms with E-state index in [4.69, 9.17) is 4.74 Å². The average molecular weight is 486 g/mol. The van der Waals surface area contributed by atoms with Crippen LogP contribution < -0.4 is 10.1 Å². The summed E-state index contributed by atoms with van der Waals surface area (Å²) in [4.78, 5) is 19.3. The molecule has 0 spiro atoms. The predicted octanol–water partition coefficient (Wildman–Crippen LogP) is 4.17. The zero-order chi connectivity index (χ0) is 24.1. The van der Waals surface area contributed by atoms with Crippen LogP contribution in [0.1, 0.15) is 50.6 Å². The second kappa shape index (κ2) is 10.5. The lowest BCUT2D eigenvalue weighted by Gasteiger charge is -2.22. The molecule has 1 aliphatic rings. The Kier molecular flexibility index (Phi) is 7.93. The fourth-order valence-electron chi connectivity index (χ4n) is 3.76. The lowest BCUT2D eigenvalue weighted by molar-refractivity contribution is -0.141. The lowest BCUT2D eigenvalue weighted by Crippen LogP contribution is -2.36. The van der Waals surface area contributed by atoms with Gasteiger partial charge in [-0.2, -0.15) is 13.2 Å². The minimum Gasteiger partial charge on any atom is -0.496 e. The SMILES string of the molecule is COc1ccccc1-c1cc(C(F)(F)F)nc(S(=O)(=O)CCCC(=O)NC2CCCCC2)n1. The number of amides is 1. The molecular formula is C22H26F3N3O4S. The number of alkyl halides is 3. The summed E-state index contributed by atoms with van der Waals surface area (Å²) in [7, 11) is -2.92. The minimum atomic E-state index is -4.87. The predicted molar refractivity (Wildman–Crippen MR) is 115 cm³/mol. The average Bonchev–Trinajstić information content (AvgIpc) is 2.78. The van der Waals surface area contributed by atoms with Gasteiger partial charge < -0.3 is 10.1 Å². The Balaban J connectivity index is 1.79. The maximum Gasteiger partial charge on any atom is 0.433 e. The third-order valence-corrected chi connectivity index (χ3v) is 7.01. The quantitative estimate of drug-likeness (QED) is 0.564. The van der Waals surface area contributed by atoms with Gasteiger partial charge in [-0.05, 0) is 37.5 Å². The number of methoxy groups -OCH3 is 1. The minimum absolute atomic E-state index is 0.0476. The van der Waals surface area contributed by atoms with Crippen LogP contribution in [0.3, 0.4) is 0 Å². The van der Waals surface area contributed by atoms with Gasteiger partial charge in [0.1, 0.15) is 11.4 Å². The number of rotatable bonds is 8. The van der Waals surface area contributed by atoms with Gasteiger partial charge in [0.15, 0.2) is 0 Å². The van der Waals surface area contributed by atoms with Crippen LogP contribution in [0.15, 0.2) is 35.5 Å². The molecule has 11 heteroatoms. The number of para-hydroxylation sites is 1. The van der Waals surface area contributed by atoms with Crippen molar-refractivity contribution >= 4 is 15.7 Å². The molecule has 7 nitrogen and oxygen atoms in total. The molecule has 180 valence electrons. The van der Waals surface area contributed by atoms with Crippen molar-refractivity contribution in [3.63, 3.8) is 0 Å². The standard InChI is InChI=1S/C22H26F3N3O4S/c1-32-18-11-6-5-10-16(18)17-14-19(22(23,24)25)28-21(27-17)33(30,31)13-7-12-20(29)26-15-8-3-2-4-9-15/h5-6,10-11,14-15H,2-4,7-9,12-13H2,1H3,(H,26,29). The smallest absolute Gasteiger partial charge is 0.433 e. The summed E-state index contributed by atoms with van der Waals surface area (Å²) in [6.07, 6.45) is 0.0456. The number of nitrogens with one attached hydrogen (secondary N) is 1. The van der Waals surface area contributed by atoms with Gasteiger partial charge in [-0.25, -0.2) is 18.4 Å². The van der Waals surface area contributed by atoms with E-state index in [2.05, 4.69) is 15.3 Å². The first-order valence-corrected chi connectivity index (χ1v) is 12.4. The zero-order valence-corrected chi connectivity index (χ0v) is 19.0. The summed E-state index contributed by atoms with van der Waals surface area (Å²) in [6.45, 7) is 0. The first kappa shape index (κ1) is 24.9. The van der Waals surface area contributed by atoms with E-state index in [9.17, 15) is 26.4 Å². The molecule has 0 atom stereocenters. The van der Waals surface area contributed by atoms with Crippen LogP contribution in [0.5, 0.6) is 5.75 Å². The molecule has 33 heavy (non-hydrogen) atoms. The second-order valence-corrected chi connectivity index (χ2v) is 9.95. The van der Waals surface area contributed by atoms with Crippen LogP contribution in [-0.4, -0.2) is 43.2 Å². The van der Waals surface area contributed by atoms with Gasteiger partial charge >= 0.3 is 6.18 Å². The van der Waals surface area contributed by atoms with E-state index < -0.39 is 32.6 Å². The van der Waals surface area contributed by atoms with Crippen LogP contribution in [0.4, 0.5) is 13.2 Å². The van der Waals surface area contributed by atoms with Crippen LogP contribution in [-0.2, 0) is 20.8 Å². The highest BCUT2D eigenvalue weighted by molar-refractivity contribution is 7.91. The lowest BCUT2D eigenvalue weighted by atomic mass is 9.95. The molecule has 1 amide bonds. The molecule has 1 saturated carbocycles. The van der Waals surface area contributed by atoms with Crippen molar-refractivity contribution < 1.29 is 31.1 Å². The number of ether oxygens (including phenoxy) is 1. The summed E-state index contributed by atoms with van der Waals surface area (Å²) < 4.78 is 71.0. The van der Waals surface area contributed by atoms with Gasteiger partial charge in [0, 0.05) is 18.0 Å². The maximum absolute atomic E-state index is 13.4. The molecule has 0 radical (unpaired) electrons. The number of carbonyl (C=O) groups excluding carboxylic acids is 1. The van der Waals surface area contributed by atoms with E-state index in [1.54, 1.807) is 12.1 Å². The molecule has 1 aromatic carbocycles. The van der Waals surface area contributed by atoms with Gasteiger partial charge in [0.05, 0.1) is 18.6 Å². The van der Waals surface area contributed by atoms with Crippen molar-refractivity contribution in [3.8, 4) is 17.0 Å². The van der Waals surface area contributed by atoms with Crippen molar-refractivity contribution in [2.45, 2.75) is 62.3 Å². The van der Waals surface area contributed by atoms with E-state index in [1.165, 1.54) is 19.2 Å². The van der Waals surface area contributed by atoms with Crippen molar-refractivity contribution in [1.82, 2.24) is 15.3 Å². The van der Waals surface area contributed by atoms with E-state index in [0.717, 1.165) is 32.1 Å². The number of nitrogens with zero attached hydrogens (tertiary/aromatic N) is 2. The number of hydrogen-bond donors (Lipinski definition) is 1. The molecule has 1 N–H and O–H groups in total. The molecule has 3 rings (SSSR count). The largest absolute Gasteiger partial charge is 0.496 e. The molecule has 2 aromatic rings. The van der Waals surface area contributed by atoms with Crippen molar-refractivity contribution in [1.29, 1.82) is 0 Å². The molecule has 1 heterocycles. The number of carbonyl (C=O) groups is 1. The van der Waals surface area contributed by atoms with Crippen LogP contribution in [0.2, 0.25) is 0 Å². The molecule has 0 unspecified atom stereocenters. The molecule has 0 saturated heterocycles. The highest BCUT2D eigenvalue weighted by Gasteiger charge is 2.35. The number of aromatic nitrogens is 2. The second-order valence-electron chi connectivity index (χ2n) is 7.94. The Bertz CT molecular complexity index is 1080. The van der Waals surface area contributed by atoms with Gasteiger partial charge in [-0.15, -0.1) is 0 Å².